The standard InChI is InChI=1S/C16H17Cl2NS/c1-10-5-11(2)7-12(6-10)15(19)9-20-16-8-13(17)3-4-14(16)18/h3-8,15H,9,19H2,1-2H3. The number of benzene rings is 2. The third-order valence-electron chi connectivity index (χ3n) is 2.98. The number of rotatable bonds is 4. The quantitative estimate of drug-likeness (QED) is 0.761. The molecule has 0 aliphatic carbocycles. The molecule has 0 spiro atoms. The minimum Gasteiger partial charge on any atom is -0.323 e. The van der Waals surface area contributed by atoms with Gasteiger partial charge >= 0.3 is 0 Å². The van der Waals surface area contributed by atoms with E-state index in [1.165, 1.54) is 11.1 Å². The van der Waals surface area contributed by atoms with E-state index < -0.39 is 0 Å². The number of thioether (sulfide) groups is 1. The monoisotopic (exact) mass is 325 g/mol. The second-order valence-corrected chi connectivity index (χ2v) is 6.82. The van der Waals surface area contributed by atoms with Crippen LogP contribution in [0.15, 0.2) is 41.3 Å². The molecule has 2 aromatic rings. The van der Waals surface area contributed by atoms with Crippen LogP contribution in [0.25, 0.3) is 0 Å². The first-order valence-corrected chi connectivity index (χ1v) is 8.11. The zero-order chi connectivity index (χ0) is 14.7. The van der Waals surface area contributed by atoms with Gasteiger partial charge in [0.2, 0.25) is 0 Å². The SMILES string of the molecule is Cc1cc(C)cc(C(N)CSc2cc(Cl)ccc2Cl)c1. The van der Waals surface area contributed by atoms with Crippen LogP contribution in [0.3, 0.4) is 0 Å². The second kappa shape index (κ2) is 6.86. The minimum atomic E-state index is -0.0198. The van der Waals surface area contributed by atoms with Crippen molar-refractivity contribution in [2.24, 2.45) is 5.73 Å². The van der Waals surface area contributed by atoms with E-state index in [1.54, 1.807) is 17.8 Å². The first-order valence-electron chi connectivity index (χ1n) is 6.37. The summed E-state index contributed by atoms with van der Waals surface area (Å²) in [4.78, 5) is 0.971. The maximum absolute atomic E-state index is 6.27. The number of nitrogens with two attached hydrogens (primary N) is 1. The summed E-state index contributed by atoms with van der Waals surface area (Å²) >= 11 is 13.8. The van der Waals surface area contributed by atoms with Gasteiger partial charge in [0.05, 0.1) is 5.02 Å². The highest BCUT2D eigenvalue weighted by Gasteiger charge is 2.10. The Bertz CT molecular complexity index is 593. The molecule has 2 aromatic carbocycles. The van der Waals surface area contributed by atoms with Crippen LogP contribution in [0, 0.1) is 13.8 Å². The lowest BCUT2D eigenvalue weighted by Gasteiger charge is -2.14. The normalized spacial score (nSPS) is 12.4. The lowest BCUT2D eigenvalue weighted by atomic mass is 10.0. The molecule has 2 rings (SSSR count). The Morgan fingerprint density at radius 3 is 2.35 bits per heavy atom. The summed E-state index contributed by atoms with van der Waals surface area (Å²) in [6.07, 6.45) is 0. The Kier molecular flexibility index (Phi) is 5.39. The molecule has 0 aliphatic rings. The highest BCUT2D eigenvalue weighted by molar-refractivity contribution is 7.99. The molecule has 1 unspecified atom stereocenters. The maximum atomic E-state index is 6.27. The number of hydrogen-bond acceptors (Lipinski definition) is 2. The van der Waals surface area contributed by atoms with Gasteiger partial charge in [0.25, 0.3) is 0 Å². The van der Waals surface area contributed by atoms with Gasteiger partial charge in [-0.15, -0.1) is 11.8 Å². The van der Waals surface area contributed by atoms with E-state index in [-0.39, 0.29) is 6.04 Å². The van der Waals surface area contributed by atoms with Crippen molar-refractivity contribution >= 4 is 35.0 Å². The highest BCUT2D eigenvalue weighted by Crippen LogP contribution is 2.32. The average molecular weight is 326 g/mol. The zero-order valence-electron chi connectivity index (χ0n) is 11.5. The number of halogens is 2. The van der Waals surface area contributed by atoms with Gasteiger partial charge in [0.1, 0.15) is 0 Å². The summed E-state index contributed by atoms with van der Waals surface area (Å²) in [6.45, 7) is 4.17. The third kappa shape index (κ3) is 4.16. The summed E-state index contributed by atoms with van der Waals surface area (Å²) < 4.78 is 0. The topological polar surface area (TPSA) is 26.0 Å². The summed E-state index contributed by atoms with van der Waals surface area (Å²) in [5, 5.41) is 1.41. The largest absolute Gasteiger partial charge is 0.323 e. The van der Waals surface area contributed by atoms with Crippen molar-refractivity contribution in [1.82, 2.24) is 0 Å². The molecule has 0 amide bonds. The first kappa shape index (κ1) is 15.7. The van der Waals surface area contributed by atoms with Crippen molar-refractivity contribution in [2.75, 3.05) is 5.75 Å². The molecule has 0 heterocycles. The molecule has 1 atom stereocenters. The number of hydrogen-bond donors (Lipinski definition) is 1. The molecule has 0 aliphatic heterocycles. The van der Waals surface area contributed by atoms with Crippen molar-refractivity contribution in [3.8, 4) is 0 Å². The Labute approximate surface area is 134 Å². The Hall–Kier alpha value is -0.670. The molecular weight excluding hydrogens is 309 g/mol. The van der Waals surface area contributed by atoms with Gasteiger partial charge in [0, 0.05) is 21.7 Å². The van der Waals surface area contributed by atoms with Gasteiger partial charge in [-0.05, 0) is 37.6 Å². The minimum absolute atomic E-state index is 0.0198. The van der Waals surface area contributed by atoms with Crippen molar-refractivity contribution in [2.45, 2.75) is 24.8 Å². The summed E-state index contributed by atoms with van der Waals surface area (Å²) in [6, 6.07) is 11.9. The Morgan fingerprint density at radius 1 is 1.05 bits per heavy atom. The highest BCUT2D eigenvalue weighted by atomic mass is 35.5. The molecule has 4 heteroatoms. The summed E-state index contributed by atoms with van der Waals surface area (Å²) in [5.41, 5.74) is 9.91. The van der Waals surface area contributed by atoms with Crippen LogP contribution in [0.2, 0.25) is 10.0 Å². The Balaban J connectivity index is 2.08. The van der Waals surface area contributed by atoms with Gasteiger partial charge in [-0.2, -0.15) is 0 Å². The molecule has 106 valence electrons. The second-order valence-electron chi connectivity index (χ2n) is 4.91. The van der Waals surface area contributed by atoms with Crippen LogP contribution >= 0.6 is 35.0 Å². The molecule has 0 aromatic heterocycles. The zero-order valence-corrected chi connectivity index (χ0v) is 13.8. The molecule has 0 fully saturated rings. The predicted molar refractivity (Wildman–Crippen MR) is 90.0 cm³/mol. The van der Waals surface area contributed by atoms with Crippen LogP contribution < -0.4 is 5.73 Å². The van der Waals surface area contributed by atoms with E-state index in [2.05, 4.69) is 32.0 Å². The lowest BCUT2D eigenvalue weighted by molar-refractivity contribution is 0.828. The average Bonchev–Trinajstić information content (AvgIpc) is 2.38. The smallest absolute Gasteiger partial charge is 0.0542 e. The van der Waals surface area contributed by atoms with Gasteiger partial charge in [-0.3, -0.25) is 0 Å². The van der Waals surface area contributed by atoms with E-state index >= 15 is 0 Å². The van der Waals surface area contributed by atoms with E-state index in [0.717, 1.165) is 16.2 Å². The van der Waals surface area contributed by atoms with Gasteiger partial charge in [-0.1, -0.05) is 52.5 Å². The van der Waals surface area contributed by atoms with E-state index in [4.69, 9.17) is 28.9 Å². The van der Waals surface area contributed by atoms with Crippen LogP contribution in [-0.4, -0.2) is 5.75 Å². The van der Waals surface area contributed by atoms with Crippen LogP contribution in [0.5, 0.6) is 0 Å². The predicted octanol–water partition coefficient (Wildman–Crippen LogP) is 5.40. The van der Waals surface area contributed by atoms with Crippen molar-refractivity contribution in [3.05, 3.63) is 63.1 Å². The molecule has 0 bridgehead atoms. The van der Waals surface area contributed by atoms with Crippen LogP contribution in [-0.2, 0) is 0 Å². The van der Waals surface area contributed by atoms with E-state index in [1.807, 2.05) is 12.1 Å². The summed E-state index contributed by atoms with van der Waals surface area (Å²) in [7, 11) is 0. The van der Waals surface area contributed by atoms with Gasteiger partial charge < -0.3 is 5.73 Å². The van der Waals surface area contributed by atoms with Crippen LogP contribution in [0.4, 0.5) is 0 Å². The van der Waals surface area contributed by atoms with Crippen molar-refractivity contribution in [3.63, 3.8) is 0 Å². The molecule has 0 saturated heterocycles. The van der Waals surface area contributed by atoms with Gasteiger partial charge in [-0.25, -0.2) is 0 Å². The third-order valence-corrected chi connectivity index (χ3v) is 4.84. The first-order chi connectivity index (χ1) is 9.45. The lowest BCUT2D eigenvalue weighted by Crippen LogP contribution is -2.13. The summed E-state index contributed by atoms with van der Waals surface area (Å²) in [5.74, 6) is 0.767. The number of aryl methyl sites for hydroxylation is 2. The van der Waals surface area contributed by atoms with E-state index in [0.29, 0.717) is 10.0 Å². The molecule has 1 nitrogen and oxygen atoms in total. The van der Waals surface area contributed by atoms with Crippen molar-refractivity contribution in [1.29, 1.82) is 0 Å². The van der Waals surface area contributed by atoms with E-state index in [9.17, 15) is 0 Å². The van der Waals surface area contributed by atoms with Crippen molar-refractivity contribution < 1.29 is 0 Å². The molecule has 2 N–H and O–H groups in total. The fourth-order valence-corrected chi connectivity index (χ4v) is 3.57. The fourth-order valence-electron chi connectivity index (χ4n) is 2.09. The molecule has 20 heavy (non-hydrogen) atoms. The Morgan fingerprint density at radius 2 is 1.70 bits per heavy atom. The fraction of sp³-hybridized carbons (Fsp3) is 0.250. The molecule has 0 radical (unpaired) electrons. The maximum Gasteiger partial charge on any atom is 0.0542 e. The van der Waals surface area contributed by atoms with Crippen LogP contribution in [0.1, 0.15) is 22.7 Å². The molecule has 0 saturated carbocycles. The van der Waals surface area contributed by atoms with Gasteiger partial charge in [0.15, 0.2) is 0 Å². The molecular formula is C16H17Cl2NS.